The van der Waals surface area contributed by atoms with Gasteiger partial charge in [0.25, 0.3) is 5.56 Å². The summed E-state index contributed by atoms with van der Waals surface area (Å²) in [5.41, 5.74) is 2.24. The van der Waals surface area contributed by atoms with E-state index in [-0.39, 0.29) is 36.1 Å². The van der Waals surface area contributed by atoms with Crippen molar-refractivity contribution in [1.29, 1.82) is 0 Å². The van der Waals surface area contributed by atoms with Crippen LogP contribution in [0.25, 0.3) is 28.3 Å². The van der Waals surface area contributed by atoms with Crippen LogP contribution in [0.3, 0.4) is 0 Å². The van der Waals surface area contributed by atoms with Crippen molar-refractivity contribution < 1.29 is 18.8 Å². The molecule has 0 bridgehead atoms. The number of halogens is 1. The molecule has 3 aromatic heterocycles. The number of nitrogens with one attached hydrogen (secondary N) is 1. The lowest BCUT2D eigenvalue weighted by Crippen LogP contribution is -2.45. The van der Waals surface area contributed by atoms with E-state index in [1.165, 1.54) is 6.07 Å². The first kappa shape index (κ1) is 30.6. The first-order valence-corrected chi connectivity index (χ1v) is 15.3. The van der Waals surface area contributed by atoms with Gasteiger partial charge in [-0.05, 0) is 69.7 Å². The summed E-state index contributed by atoms with van der Waals surface area (Å²) >= 11 is 0. The second-order valence-electron chi connectivity index (χ2n) is 12.4. The Morgan fingerprint density at radius 2 is 1.91 bits per heavy atom. The molecule has 1 saturated carbocycles. The molecule has 0 spiro atoms. The Morgan fingerprint density at radius 1 is 1.18 bits per heavy atom. The molecule has 0 radical (unpaired) electrons. The van der Waals surface area contributed by atoms with E-state index in [2.05, 4.69) is 24.7 Å². The zero-order valence-electron chi connectivity index (χ0n) is 26.0. The van der Waals surface area contributed by atoms with Crippen molar-refractivity contribution in [2.45, 2.75) is 90.6 Å². The van der Waals surface area contributed by atoms with Crippen LogP contribution >= 0.6 is 0 Å². The zero-order valence-corrected chi connectivity index (χ0v) is 26.0. The highest BCUT2D eigenvalue weighted by atomic mass is 19.1. The summed E-state index contributed by atoms with van der Waals surface area (Å²) in [7, 11) is 0. The van der Waals surface area contributed by atoms with Crippen LogP contribution in [-0.2, 0) is 17.6 Å². The van der Waals surface area contributed by atoms with E-state index in [4.69, 9.17) is 4.74 Å². The van der Waals surface area contributed by atoms with Gasteiger partial charge in [0.15, 0.2) is 5.82 Å². The fraction of sp³-hybridized carbons (Fsp3) is 0.424. The molecule has 45 heavy (non-hydrogen) atoms. The van der Waals surface area contributed by atoms with Gasteiger partial charge in [0.1, 0.15) is 11.6 Å². The van der Waals surface area contributed by atoms with Gasteiger partial charge in [0.05, 0.1) is 23.5 Å². The van der Waals surface area contributed by atoms with Gasteiger partial charge in [-0.25, -0.2) is 13.7 Å². The predicted octanol–water partition coefficient (Wildman–Crippen LogP) is 4.77. The van der Waals surface area contributed by atoms with Crippen molar-refractivity contribution in [3.05, 3.63) is 91.8 Å². The Labute approximate surface area is 258 Å². The van der Waals surface area contributed by atoms with Crippen molar-refractivity contribution in [3.8, 4) is 22.5 Å². The van der Waals surface area contributed by atoms with Crippen molar-refractivity contribution >= 4 is 5.78 Å². The lowest BCUT2D eigenvalue weighted by Gasteiger charge is -2.40. The number of ether oxygens (including phenoxy) is 1. The Morgan fingerprint density at radius 3 is 2.56 bits per heavy atom. The van der Waals surface area contributed by atoms with Gasteiger partial charge in [-0.2, -0.15) is 10.1 Å². The van der Waals surface area contributed by atoms with Crippen LogP contribution < -0.4 is 11.3 Å². The van der Waals surface area contributed by atoms with Gasteiger partial charge >= 0.3 is 5.76 Å². The van der Waals surface area contributed by atoms with Crippen LogP contribution in [-0.4, -0.2) is 52.2 Å². The van der Waals surface area contributed by atoms with Crippen LogP contribution in [0, 0.1) is 12.7 Å². The van der Waals surface area contributed by atoms with Crippen LogP contribution in [0.4, 0.5) is 4.39 Å². The summed E-state index contributed by atoms with van der Waals surface area (Å²) in [6, 6.07) is 11.9. The average molecular weight is 617 g/mol. The number of rotatable bonds is 10. The third-order valence-corrected chi connectivity index (χ3v) is 8.66. The summed E-state index contributed by atoms with van der Waals surface area (Å²) in [6.45, 7) is 9.08. The molecule has 0 amide bonds. The highest BCUT2D eigenvalue weighted by Crippen LogP contribution is 2.37. The Kier molecular flexibility index (Phi) is 8.04. The van der Waals surface area contributed by atoms with E-state index in [1.807, 2.05) is 26.0 Å². The summed E-state index contributed by atoms with van der Waals surface area (Å²) in [6.07, 6.45) is 2.13. The third-order valence-electron chi connectivity index (χ3n) is 8.66. The molecule has 12 heteroatoms. The molecule has 1 atom stereocenters. The SMILES string of the molecule is CCCc1c(Cc2ccc(-c3ccccc3-c3noc(=O)[nH]3)cc2F)c(=O)n([C@H]2C[C@@H](OC(C)C(C)(C)O)C2)c2nc(C)nn12. The molecule has 2 N–H and O–H groups in total. The topological polar surface area (TPSA) is 141 Å². The van der Waals surface area contributed by atoms with Gasteiger partial charge in [0.2, 0.25) is 5.78 Å². The second kappa shape index (κ2) is 11.8. The molecule has 2 aromatic carbocycles. The highest BCUT2D eigenvalue weighted by molar-refractivity contribution is 5.80. The quantitative estimate of drug-likeness (QED) is 0.229. The number of benzene rings is 2. The van der Waals surface area contributed by atoms with Crippen LogP contribution in [0.5, 0.6) is 0 Å². The summed E-state index contributed by atoms with van der Waals surface area (Å²) in [5.74, 6) is 0.129. The summed E-state index contributed by atoms with van der Waals surface area (Å²) < 4.78 is 30.0. The third kappa shape index (κ3) is 5.87. The smallest absolute Gasteiger partial charge is 0.388 e. The molecule has 3 heterocycles. The van der Waals surface area contributed by atoms with Crippen LogP contribution in [0.1, 0.15) is 75.6 Å². The monoisotopic (exact) mass is 616 g/mol. The van der Waals surface area contributed by atoms with Crippen molar-refractivity contribution in [3.63, 3.8) is 0 Å². The molecule has 6 rings (SSSR count). The van der Waals surface area contributed by atoms with Gasteiger partial charge in [-0.15, -0.1) is 0 Å². The highest BCUT2D eigenvalue weighted by Gasteiger charge is 2.38. The Bertz CT molecular complexity index is 1980. The van der Waals surface area contributed by atoms with Gasteiger partial charge in [0, 0.05) is 23.6 Å². The van der Waals surface area contributed by atoms with E-state index < -0.39 is 17.2 Å². The molecular formula is C33H37FN6O5. The molecule has 11 nitrogen and oxygen atoms in total. The van der Waals surface area contributed by atoms with Crippen LogP contribution in [0.15, 0.2) is 56.6 Å². The average Bonchev–Trinajstić information content (AvgIpc) is 3.58. The molecule has 0 saturated heterocycles. The fourth-order valence-corrected chi connectivity index (χ4v) is 5.88. The largest absolute Gasteiger partial charge is 0.439 e. The maximum absolute atomic E-state index is 15.9. The Balaban J connectivity index is 1.36. The molecule has 236 valence electrons. The number of fused-ring (bicyclic) bond motifs is 1. The predicted molar refractivity (Wildman–Crippen MR) is 166 cm³/mol. The molecule has 1 fully saturated rings. The molecule has 1 aliphatic carbocycles. The minimum atomic E-state index is -0.981. The molecule has 0 aliphatic heterocycles. The Hall–Kier alpha value is -4.42. The number of H-pyrrole nitrogens is 1. The minimum absolute atomic E-state index is 0.0791. The molecule has 5 aromatic rings. The fourth-order valence-electron chi connectivity index (χ4n) is 5.88. The van der Waals surface area contributed by atoms with Gasteiger partial charge in [-0.3, -0.25) is 18.9 Å². The number of aromatic nitrogens is 6. The maximum Gasteiger partial charge on any atom is 0.439 e. The molecular weight excluding hydrogens is 579 g/mol. The van der Waals surface area contributed by atoms with E-state index in [9.17, 15) is 14.7 Å². The first-order valence-electron chi connectivity index (χ1n) is 15.3. The molecule has 1 unspecified atom stereocenters. The lowest BCUT2D eigenvalue weighted by molar-refractivity contribution is -0.138. The second-order valence-corrected chi connectivity index (χ2v) is 12.4. The van der Waals surface area contributed by atoms with Gasteiger partial charge in [-0.1, -0.05) is 54.9 Å². The number of hydrogen-bond acceptors (Lipinski definition) is 8. The summed E-state index contributed by atoms with van der Waals surface area (Å²) in [4.78, 5) is 33.0. The van der Waals surface area contributed by atoms with Crippen molar-refractivity contribution in [2.75, 3.05) is 0 Å². The summed E-state index contributed by atoms with van der Waals surface area (Å²) in [5, 5.41) is 18.7. The standard InChI is InChI=1S/C33H37FN6O5/c1-6-9-28-26(14-21-13-12-20(15-27(21)34)24-10-7-8-11-25(24)29-36-32(42)45-38-29)30(41)39(31-35-19(3)37-40(28)31)22-16-23(17-22)44-18(2)33(4,5)43/h7-8,10-13,15,18,22-23,43H,6,9,14,16-17H2,1-5H3,(H,36,38,42)/t18?,22-,23+. The van der Waals surface area contributed by atoms with E-state index in [0.29, 0.717) is 58.7 Å². The van der Waals surface area contributed by atoms with E-state index in [0.717, 1.165) is 12.1 Å². The number of aliphatic hydroxyl groups is 1. The normalized spacial score (nSPS) is 17.5. The number of hydrogen-bond donors (Lipinski definition) is 2. The molecule has 1 aliphatic rings. The maximum atomic E-state index is 15.9. The minimum Gasteiger partial charge on any atom is -0.388 e. The first-order chi connectivity index (χ1) is 21.4. The van der Waals surface area contributed by atoms with Crippen molar-refractivity contribution in [2.24, 2.45) is 0 Å². The van der Waals surface area contributed by atoms with E-state index >= 15 is 4.39 Å². The van der Waals surface area contributed by atoms with Gasteiger partial charge < -0.3 is 9.84 Å². The van der Waals surface area contributed by atoms with Crippen molar-refractivity contribution in [1.82, 2.24) is 29.3 Å². The number of nitrogens with zero attached hydrogens (tertiary/aromatic N) is 5. The zero-order chi connectivity index (χ0) is 32.0. The van der Waals surface area contributed by atoms with E-state index in [1.54, 1.807) is 54.1 Å². The number of aryl methyl sites for hydroxylation is 2. The lowest BCUT2D eigenvalue weighted by atomic mass is 9.88. The number of aromatic amines is 1. The van der Waals surface area contributed by atoms with Crippen LogP contribution in [0.2, 0.25) is 0 Å².